The number of ether oxygens (including phenoxy) is 4. The van der Waals surface area contributed by atoms with Crippen molar-refractivity contribution in [3.63, 3.8) is 0 Å². The van der Waals surface area contributed by atoms with Gasteiger partial charge in [0.05, 0.1) is 14.2 Å². The van der Waals surface area contributed by atoms with Crippen molar-refractivity contribution in [1.82, 2.24) is 0 Å². The first-order valence-electron chi connectivity index (χ1n) is 10.0. The maximum Gasteiger partial charge on any atom is 0.341 e. The second-order valence-corrected chi connectivity index (χ2v) is 7.12. The fourth-order valence-corrected chi connectivity index (χ4v) is 3.07. The first kappa shape index (κ1) is 22.7. The molecular formula is C26H26O6. The summed E-state index contributed by atoms with van der Waals surface area (Å²) < 4.78 is 21.9. The van der Waals surface area contributed by atoms with Gasteiger partial charge in [-0.1, -0.05) is 30.4 Å². The molecule has 0 radical (unpaired) electrons. The molecule has 0 amide bonds. The molecular weight excluding hydrogens is 408 g/mol. The number of hydrogen-bond acceptors (Lipinski definition) is 5. The number of aliphatic carboxylic acids is 1. The van der Waals surface area contributed by atoms with E-state index in [-0.39, 0.29) is 6.61 Å². The Kier molecular flexibility index (Phi) is 7.75. The lowest BCUT2D eigenvalue weighted by atomic mass is 10.1. The number of carboxylic acids is 1. The molecule has 3 aromatic carbocycles. The quantitative estimate of drug-likeness (QED) is 0.441. The zero-order valence-corrected chi connectivity index (χ0v) is 18.3. The Morgan fingerprint density at radius 3 is 2.16 bits per heavy atom. The minimum atomic E-state index is -1.01. The molecule has 0 bridgehead atoms. The number of hydrogen-bond donors (Lipinski definition) is 1. The third-order valence-corrected chi connectivity index (χ3v) is 4.72. The summed E-state index contributed by atoms with van der Waals surface area (Å²) in [4.78, 5) is 10.7. The molecule has 0 unspecified atom stereocenters. The van der Waals surface area contributed by atoms with Crippen LogP contribution in [0.15, 0.2) is 60.7 Å². The molecule has 6 nitrogen and oxygen atoms in total. The van der Waals surface area contributed by atoms with Crippen LogP contribution in [-0.2, 0) is 11.4 Å². The maximum atomic E-state index is 10.7. The average Bonchev–Trinajstić information content (AvgIpc) is 2.81. The largest absolute Gasteiger partial charge is 0.497 e. The molecule has 3 rings (SSSR count). The first-order chi connectivity index (χ1) is 15.5. The number of carboxylic acid groups (broad SMARTS) is 1. The van der Waals surface area contributed by atoms with Crippen LogP contribution in [0, 0.1) is 6.92 Å². The lowest BCUT2D eigenvalue weighted by Gasteiger charge is -2.12. The van der Waals surface area contributed by atoms with E-state index < -0.39 is 5.97 Å². The molecule has 166 valence electrons. The van der Waals surface area contributed by atoms with E-state index in [4.69, 9.17) is 24.1 Å². The average molecular weight is 434 g/mol. The summed E-state index contributed by atoms with van der Waals surface area (Å²) in [6, 6.07) is 19.0. The van der Waals surface area contributed by atoms with Crippen molar-refractivity contribution in [2.75, 3.05) is 20.8 Å². The highest BCUT2D eigenvalue weighted by molar-refractivity contribution is 5.71. The monoisotopic (exact) mass is 434 g/mol. The van der Waals surface area contributed by atoms with E-state index in [1.54, 1.807) is 20.3 Å². The summed E-state index contributed by atoms with van der Waals surface area (Å²) in [7, 11) is 3.26. The maximum absolute atomic E-state index is 10.7. The van der Waals surface area contributed by atoms with Gasteiger partial charge in [0.15, 0.2) is 6.61 Å². The Balaban J connectivity index is 1.69. The molecule has 0 saturated heterocycles. The van der Waals surface area contributed by atoms with E-state index in [0.29, 0.717) is 23.9 Å². The Morgan fingerprint density at radius 2 is 1.50 bits per heavy atom. The van der Waals surface area contributed by atoms with E-state index in [0.717, 1.165) is 28.0 Å². The van der Waals surface area contributed by atoms with Crippen LogP contribution in [-0.4, -0.2) is 31.9 Å². The zero-order chi connectivity index (χ0) is 22.9. The summed E-state index contributed by atoms with van der Waals surface area (Å²) in [5, 5.41) is 8.75. The van der Waals surface area contributed by atoms with Gasteiger partial charge >= 0.3 is 5.97 Å². The summed E-state index contributed by atoms with van der Waals surface area (Å²) in [5.74, 6) is 1.74. The molecule has 0 fully saturated rings. The number of aryl methyl sites for hydroxylation is 1. The van der Waals surface area contributed by atoms with Crippen molar-refractivity contribution in [1.29, 1.82) is 0 Å². The van der Waals surface area contributed by atoms with Crippen molar-refractivity contribution >= 4 is 18.1 Å². The SMILES string of the molecule is COc1ccc(/C=C/c2cc(OC)cc(OCc3ccc(OCC(=O)O)c(C)c3)c2)cc1. The third kappa shape index (κ3) is 6.54. The van der Waals surface area contributed by atoms with Crippen LogP contribution in [0.5, 0.6) is 23.0 Å². The van der Waals surface area contributed by atoms with Gasteiger partial charge in [-0.15, -0.1) is 0 Å². The molecule has 0 atom stereocenters. The number of rotatable bonds is 10. The summed E-state index contributed by atoms with van der Waals surface area (Å²) >= 11 is 0. The molecule has 3 aromatic rings. The minimum Gasteiger partial charge on any atom is -0.497 e. The van der Waals surface area contributed by atoms with Gasteiger partial charge < -0.3 is 24.1 Å². The fraction of sp³-hybridized carbons (Fsp3) is 0.192. The Labute approximate surface area is 187 Å². The molecule has 1 N–H and O–H groups in total. The van der Waals surface area contributed by atoms with Crippen LogP contribution in [0.25, 0.3) is 12.2 Å². The molecule has 0 heterocycles. The molecule has 32 heavy (non-hydrogen) atoms. The highest BCUT2D eigenvalue weighted by atomic mass is 16.5. The smallest absolute Gasteiger partial charge is 0.341 e. The lowest BCUT2D eigenvalue weighted by Crippen LogP contribution is -2.10. The van der Waals surface area contributed by atoms with Crippen LogP contribution in [0.1, 0.15) is 22.3 Å². The van der Waals surface area contributed by atoms with Gasteiger partial charge in [0.2, 0.25) is 0 Å². The van der Waals surface area contributed by atoms with E-state index in [9.17, 15) is 4.79 Å². The summed E-state index contributed by atoms with van der Waals surface area (Å²) in [6.07, 6.45) is 4.01. The van der Waals surface area contributed by atoms with Crippen molar-refractivity contribution in [2.24, 2.45) is 0 Å². The predicted molar refractivity (Wildman–Crippen MR) is 124 cm³/mol. The standard InChI is InChI=1S/C26H26O6/c1-18-12-21(8-11-25(18)32-17-26(27)28)16-31-24-14-20(13-23(15-24)30-3)5-4-19-6-9-22(29-2)10-7-19/h4-15H,16-17H2,1-3H3,(H,27,28)/b5-4+. The van der Waals surface area contributed by atoms with Gasteiger partial charge in [-0.3, -0.25) is 0 Å². The van der Waals surface area contributed by atoms with Crippen LogP contribution in [0.2, 0.25) is 0 Å². The van der Waals surface area contributed by atoms with Crippen LogP contribution in [0.4, 0.5) is 0 Å². The Morgan fingerprint density at radius 1 is 0.812 bits per heavy atom. The fourth-order valence-electron chi connectivity index (χ4n) is 3.07. The van der Waals surface area contributed by atoms with E-state index in [1.165, 1.54) is 0 Å². The van der Waals surface area contributed by atoms with E-state index in [1.807, 2.05) is 73.7 Å². The third-order valence-electron chi connectivity index (χ3n) is 4.72. The molecule has 0 aliphatic rings. The van der Waals surface area contributed by atoms with E-state index >= 15 is 0 Å². The van der Waals surface area contributed by atoms with Crippen molar-refractivity contribution < 1.29 is 28.8 Å². The Hall–Kier alpha value is -3.93. The van der Waals surface area contributed by atoms with Gasteiger partial charge in [-0.05, 0) is 65.6 Å². The Bertz CT molecular complexity index is 1090. The minimum absolute atomic E-state index is 0.356. The topological polar surface area (TPSA) is 74.2 Å². The van der Waals surface area contributed by atoms with Gasteiger partial charge in [-0.2, -0.15) is 0 Å². The number of carbonyl (C=O) groups is 1. The number of benzene rings is 3. The second-order valence-electron chi connectivity index (χ2n) is 7.12. The van der Waals surface area contributed by atoms with Gasteiger partial charge in [-0.25, -0.2) is 4.79 Å². The van der Waals surface area contributed by atoms with Crippen LogP contribution in [0.3, 0.4) is 0 Å². The molecule has 6 heteroatoms. The zero-order valence-electron chi connectivity index (χ0n) is 18.3. The molecule has 0 spiro atoms. The van der Waals surface area contributed by atoms with Gasteiger partial charge in [0, 0.05) is 6.07 Å². The predicted octanol–water partition coefficient (Wildman–Crippen LogP) is 5.23. The first-order valence-corrected chi connectivity index (χ1v) is 10.0. The van der Waals surface area contributed by atoms with Crippen LogP contribution < -0.4 is 18.9 Å². The highest BCUT2D eigenvalue weighted by Gasteiger charge is 2.06. The van der Waals surface area contributed by atoms with Crippen molar-refractivity contribution in [2.45, 2.75) is 13.5 Å². The molecule has 0 aliphatic carbocycles. The van der Waals surface area contributed by atoms with E-state index in [2.05, 4.69) is 0 Å². The molecule has 0 saturated carbocycles. The van der Waals surface area contributed by atoms with Gasteiger partial charge in [0.25, 0.3) is 0 Å². The van der Waals surface area contributed by atoms with Crippen molar-refractivity contribution in [3.8, 4) is 23.0 Å². The highest BCUT2D eigenvalue weighted by Crippen LogP contribution is 2.26. The van der Waals surface area contributed by atoms with Gasteiger partial charge in [0.1, 0.15) is 29.6 Å². The second kappa shape index (κ2) is 10.9. The van der Waals surface area contributed by atoms with Crippen LogP contribution >= 0.6 is 0 Å². The summed E-state index contributed by atoms with van der Waals surface area (Å²) in [5.41, 5.74) is 3.80. The lowest BCUT2D eigenvalue weighted by molar-refractivity contribution is -0.139. The number of methoxy groups -OCH3 is 2. The molecule has 0 aromatic heterocycles. The van der Waals surface area contributed by atoms with Crippen molar-refractivity contribution in [3.05, 3.63) is 82.9 Å². The molecule has 0 aliphatic heterocycles. The normalized spacial score (nSPS) is 10.7. The summed E-state index contributed by atoms with van der Waals surface area (Å²) in [6.45, 7) is 1.86.